The lowest BCUT2D eigenvalue weighted by Gasteiger charge is -2.29. The van der Waals surface area contributed by atoms with Crippen molar-refractivity contribution in [1.82, 2.24) is 4.90 Å². The molecule has 1 aromatic carbocycles. The number of anilines is 1. The maximum Gasteiger partial charge on any atom is 0.257 e. The zero-order valence-corrected chi connectivity index (χ0v) is 16.7. The molecule has 0 aromatic heterocycles. The summed E-state index contributed by atoms with van der Waals surface area (Å²) in [5, 5.41) is 10.9. The molecule has 10 heteroatoms. The Hall–Kier alpha value is -2.42. The minimum atomic E-state index is -1.55. The molecule has 2 saturated heterocycles. The smallest absolute Gasteiger partial charge is 0.257 e. The summed E-state index contributed by atoms with van der Waals surface area (Å²) >= 11 is 12.3. The molecule has 0 aliphatic carbocycles. The van der Waals surface area contributed by atoms with E-state index < -0.39 is 29.7 Å². The summed E-state index contributed by atoms with van der Waals surface area (Å²) in [5.74, 6) is -3.51. The standard InChI is InChI=1S/C19H18Cl2N2O6/c20-12-4-1-5-13(21)18(12)23-16(25)9-14(19(23)28)22(10-11-3-2-8-29-11)15(24)6-7-17(26)27/h1,4-7,11,14H,2-3,8-10H2,(H,26,27)/p-1/b7-6+/t11-,14+/m1/s1. The molecule has 0 radical (unpaired) electrons. The Bertz CT molecular complexity index is 861. The SMILES string of the molecule is O=C([O-])/C=C/C(=O)N(C[C@H]1CCCO1)[C@H]1CC(=O)N(c2c(Cl)cccc2Cl)C1=O. The fourth-order valence-electron chi connectivity index (χ4n) is 3.41. The molecule has 1 aromatic rings. The van der Waals surface area contributed by atoms with Crippen LogP contribution < -0.4 is 10.0 Å². The highest BCUT2D eigenvalue weighted by Crippen LogP contribution is 2.37. The summed E-state index contributed by atoms with van der Waals surface area (Å²) < 4.78 is 5.53. The van der Waals surface area contributed by atoms with Crippen molar-refractivity contribution in [2.75, 3.05) is 18.1 Å². The van der Waals surface area contributed by atoms with Crippen LogP contribution in [0.3, 0.4) is 0 Å². The van der Waals surface area contributed by atoms with Crippen molar-refractivity contribution in [1.29, 1.82) is 0 Å². The molecule has 0 unspecified atom stereocenters. The summed E-state index contributed by atoms with van der Waals surface area (Å²) in [7, 11) is 0. The van der Waals surface area contributed by atoms with Gasteiger partial charge in [0.25, 0.3) is 5.91 Å². The normalized spacial score (nSPS) is 21.9. The average molecular weight is 440 g/mol. The third kappa shape index (κ3) is 4.60. The largest absolute Gasteiger partial charge is 0.545 e. The maximum absolute atomic E-state index is 13.1. The van der Waals surface area contributed by atoms with Gasteiger partial charge in [-0.2, -0.15) is 0 Å². The number of halogens is 2. The second-order valence-corrected chi connectivity index (χ2v) is 7.45. The van der Waals surface area contributed by atoms with Gasteiger partial charge in [0.2, 0.25) is 11.8 Å². The van der Waals surface area contributed by atoms with Crippen molar-refractivity contribution in [2.45, 2.75) is 31.4 Å². The van der Waals surface area contributed by atoms with Crippen LogP contribution in [0.15, 0.2) is 30.4 Å². The van der Waals surface area contributed by atoms with Gasteiger partial charge in [0.1, 0.15) is 6.04 Å². The van der Waals surface area contributed by atoms with Crippen LogP contribution >= 0.6 is 23.2 Å². The summed E-state index contributed by atoms with van der Waals surface area (Å²) in [6.07, 6.45) is 2.28. The minimum absolute atomic E-state index is 0.0456. The number of rotatable bonds is 6. The molecule has 0 N–H and O–H groups in total. The number of hydrogen-bond donors (Lipinski definition) is 0. The van der Waals surface area contributed by atoms with E-state index in [1.165, 1.54) is 12.1 Å². The van der Waals surface area contributed by atoms with Crippen molar-refractivity contribution >= 4 is 52.6 Å². The van der Waals surface area contributed by atoms with Gasteiger partial charge in [-0.3, -0.25) is 14.4 Å². The van der Waals surface area contributed by atoms with E-state index in [4.69, 9.17) is 27.9 Å². The Kier molecular flexibility index (Phi) is 6.56. The first-order valence-electron chi connectivity index (χ1n) is 8.91. The Morgan fingerprint density at radius 3 is 2.52 bits per heavy atom. The average Bonchev–Trinajstić information content (AvgIpc) is 3.27. The number of imide groups is 1. The lowest BCUT2D eigenvalue weighted by Crippen LogP contribution is -2.48. The van der Waals surface area contributed by atoms with Crippen LogP contribution in [-0.2, 0) is 23.9 Å². The molecule has 2 heterocycles. The third-order valence-electron chi connectivity index (χ3n) is 4.73. The number of amides is 3. The van der Waals surface area contributed by atoms with Crippen LogP contribution in [0.25, 0.3) is 0 Å². The number of nitrogens with zero attached hydrogens (tertiary/aromatic N) is 2. The van der Waals surface area contributed by atoms with Crippen molar-refractivity contribution in [3.05, 3.63) is 40.4 Å². The second-order valence-electron chi connectivity index (χ2n) is 6.64. The maximum atomic E-state index is 13.1. The number of carbonyl (C=O) groups is 4. The molecule has 29 heavy (non-hydrogen) atoms. The van der Waals surface area contributed by atoms with Crippen LogP contribution in [0.4, 0.5) is 5.69 Å². The van der Waals surface area contributed by atoms with Crippen LogP contribution in [-0.4, -0.2) is 53.9 Å². The van der Waals surface area contributed by atoms with E-state index in [9.17, 15) is 24.3 Å². The predicted octanol–water partition coefficient (Wildman–Crippen LogP) is 0.939. The summed E-state index contributed by atoms with van der Waals surface area (Å²) in [6, 6.07) is 3.44. The molecule has 0 saturated carbocycles. The Morgan fingerprint density at radius 2 is 1.93 bits per heavy atom. The molecule has 2 fully saturated rings. The van der Waals surface area contributed by atoms with Crippen LogP contribution in [0.2, 0.25) is 10.0 Å². The van der Waals surface area contributed by atoms with Gasteiger partial charge in [-0.15, -0.1) is 0 Å². The van der Waals surface area contributed by atoms with Crippen LogP contribution in [0.5, 0.6) is 0 Å². The fraction of sp³-hybridized carbons (Fsp3) is 0.368. The molecule has 2 aliphatic heterocycles. The fourth-order valence-corrected chi connectivity index (χ4v) is 3.98. The first-order valence-corrected chi connectivity index (χ1v) is 9.67. The summed E-state index contributed by atoms with van der Waals surface area (Å²) in [4.78, 5) is 51.0. The molecule has 3 rings (SSSR count). The zero-order chi connectivity index (χ0) is 21.1. The van der Waals surface area contributed by atoms with Crippen LogP contribution in [0.1, 0.15) is 19.3 Å². The molecule has 2 aliphatic rings. The second kappa shape index (κ2) is 8.94. The van der Waals surface area contributed by atoms with E-state index in [-0.39, 0.29) is 34.8 Å². The van der Waals surface area contributed by atoms with Gasteiger partial charge >= 0.3 is 0 Å². The number of aliphatic carboxylic acids is 1. The summed E-state index contributed by atoms with van der Waals surface area (Å²) in [6.45, 7) is 0.574. The topological polar surface area (TPSA) is 107 Å². The minimum Gasteiger partial charge on any atom is -0.545 e. The summed E-state index contributed by atoms with van der Waals surface area (Å²) in [5.41, 5.74) is 0.0585. The number of hydrogen-bond acceptors (Lipinski definition) is 6. The highest BCUT2D eigenvalue weighted by atomic mass is 35.5. The van der Waals surface area contributed by atoms with Crippen molar-refractivity contribution in [3.63, 3.8) is 0 Å². The van der Waals surface area contributed by atoms with Gasteiger partial charge in [-0.25, -0.2) is 4.90 Å². The van der Waals surface area contributed by atoms with E-state index in [0.29, 0.717) is 19.1 Å². The number of carboxylic acids is 1. The Morgan fingerprint density at radius 1 is 1.24 bits per heavy atom. The number of carbonyl (C=O) groups excluding carboxylic acids is 4. The monoisotopic (exact) mass is 439 g/mol. The number of para-hydroxylation sites is 1. The number of benzene rings is 1. The van der Waals surface area contributed by atoms with Crippen molar-refractivity contribution in [2.24, 2.45) is 0 Å². The molecule has 154 valence electrons. The van der Waals surface area contributed by atoms with E-state index in [1.54, 1.807) is 6.07 Å². The van der Waals surface area contributed by atoms with E-state index in [0.717, 1.165) is 22.3 Å². The van der Waals surface area contributed by atoms with Gasteiger partial charge in [-0.1, -0.05) is 29.3 Å². The molecule has 8 nitrogen and oxygen atoms in total. The highest BCUT2D eigenvalue weighted by molar-refractivity contribution is 6.42. The van der Waals surface area contributed by atoms with Crippen molar-refractivity contribution < 1.29 is 29.0 Å². The van der Waals surface area contributed by atoms with Gasteiger partial charge in [0.15, 0.2) is 0 Å². The molecule has 0 spiro atoms. The highest BCUT2D eigenvalue weighted by Gasteiger charge is 2.45. The van der Waals surface area contributed by atoms with Crippen LogP contribution in [0, 0.1) is 0 Å². The van der Waals surface area contributed by atoms with Gasteiger partial charge < -0.3 is 19.5 Å². The quantitative estimate of drug-likeness (QED) is 0.482. The molecule has 3 amide bonds. The van der Waals surface area contributed by atoms with E-state index in [1.807, 2.05) is 0 Å². The first-order chi connectivity index (χ1) is 13.8. The molecule has 2 atom stereocenters. The number of carboxylic acid groups (broad SMARTS) is 1. The molecule has 0 bridgehead atoms. The Labute approximate surface area is 176 Å². The third-order valence-corrected chi connectivity index (χ3v) is 5.34. The van der Waals surface area contributed by atoms with Gasteiger partial charge in [0.05, 0.1) is 34.2 Å². The van der Waals surface area contributed by atoms with Crippen molar-refractivity contribution in [3.8, 4) is 0 Å². The van der Waals surface area contributed by atoms with Gasteiger partial charge in [0, 0.05) is 19.2 Å². The Balaban J connectivity index is 1.91. The number of ether oxygens (including phenoxy) is 1. The molecular weight excluding hydrogens is 423 g/mol. The lowest BCUT2D eigenvalue weighted by molar-refractivity contribution is -0.297. The van der Waals surface area contributed by atoms with E-state index >= 15 is 0 Å². The lowest BCUT2D eigenvalue weighted by atomic mass is 10.1. The predicted molar refractivity (Wildman–Crippen MR) is 102 cm³/mol. The van der Waals surface area contributed by atoms with E-state index in [2.05, 4.69) is 0 Å². The zero-order valence-electron chi connectivity index (χ0n) is 15.2. The van der Waals surface area contributed by atoms with Gasteiger partial charge in [-0.05, 0) is 31.1 Å². The first kappa shape index (κ1) is 21.3. The molecular formula is C19H17Cl2N2O6-.